The molecule has 6 nitrogen and oxygen atoms in total. The number of nitrogens with zero attached hydrogens (tertiary/aromatic N) is 1. The Morgan fingerprint density at radius 1 is 1.22 bits per heavy atom. The van der Waals surface area contributed by atoms with Gasteiger partial charge in [0.05, 0.1) is 11.6 Å². The molecule has 2 unspecified atom stereocenters. The van der Waals surface area contributed by atoms with Gasteiger partial charge in [-0.15, -0.1) is 0 Å². The summed E-state index contributed by atoms with van der Waals surface area (Å²) >= 11 is 0. The molecule has 0 aromatic heterocycles. The Kier molecular flexibility index (Phi) is 6.44. The van der Waals surface area contributed by atoms with E-state index in [1.165, 1.54) is 12.1 Å². The third-order valence-corrected chi connectivity index (χ3v) is 5.19. The number of carbonyl (C=O) groups is 2. The number of nitrogens with one attached hydrogen (secondary N) is 2. The quantitative estimate of drug-likeness (QED) is 0.820. The molecular weight excluding hydrogens is 349 g/mol. The topological polar surface area (TPSA) is 70.7 Å². The number of likely N-dealkylation sites (tertiary alicyclic amines) is 1. The van der Waals surface area contributed by atoms with Gasteiger partial charge >= 0.3 is 0 Å². The van der Waals surface area contributed by atoms with Crippen molar-refractivity contribution in [3.63, 3.8) is 0 Å². The second kappa shape index (κ2) is 8.80. The van der Waals surface area contributed by atoms with Crippen LogP contribution in [0.1, 0.15) is 43.5 Å². The molecule has 3 rings (SSSR count). The van der Waals surface area contributed by atoms with E-state index in [2.05, 4.69) is 15.5 Å². The lowest BCUT2D eigenvalue weighted by Gasteiger charge is -2.35. The van der Waals surface area contributed by atoms with Crippen LogP contribution in [0.2, 0.25) is 0 Å². The predicted molar refractivity (Wildman–Crippen MR) is 99.9 cm³/mol. The summed E-state index contributed by atoms with van der Waals surface area (Å²) in [6.07, 6.45) is 2.27. The van der Waals surface area contributed by atoms with E-state index < -0.39 is 11.7 Å². The number of amides is 2. The van der Waals surface area contributed by atoms with Crippen LogP contribution in [0.5, 0.6) is 0 Å². The minimum Gasteiger partial charge on any atom is -0.381 e. The Hall–Kier alpha value is -1.99. The lowest BCUT2D eigenvalue weighted by molar-refractivity contribution is -0.127. The summed E-state index contributed by atoms with van der Waals surface area (Å²) in [7, 11) is 0. The van der Waals surface area contributed by atoms with Crippen molar-refractivity contribution in [1.82, 2.24) is 15.5 Å². The molecule has 0 bridgehead atoms. The third-order valence-electron chi connectivity index (χ3n) is 5.19. The van der Waals surface area contributed by atoms with Gasteiger partial charge in [-0.1, -0.05) is 12.1 Å². The molecule has 148 valence electrons. The van der Waals surface area contributed by atoms with Gasteiger partial charge in [-0.25, -0.2) is 4.39 Å². The van der Waals surface area contributed by atoms with Gasteiger partial charge in [0.25, 0.3) is 5.91 Å². The Morgan fingerprint density at radius 3 is 2.59 bits per heavy atom. The fraction of sp³-hybridized carbons (Fsp3) is 0.600. The average Bonchev–Trinajstić information content (AvgIpc) is 3.06. The first-order valence-corrected chi connectivity index (χ1v) is 9.65. The van der Waals surface area contributed by atoms with Gasteiger partial charge in [-0.3, -0.25) is 14.5 Å². The van der Waals surface area contributed by atoms with Gasteiger partial charge in [0.2, 0.25) is 5.91 Å². The van der Waals surface area contributed by atoms with E-state index in [0.29, 0.717) is 26.2 Å². The molecule has 1 aromatic carbocycles. The van der Waals surface area contributed by atoms with Gasteiger partial charge in [0, 0.05) is 37.9 Å². The number of hydrogen-bond donors (Lipinski definition) is 2. The Balaban J connectivity index is 1.70. The van der Waals surface area contributed by atoms with Gasteiger partial charge < -0.3 is 15.4 Å². The molecular formula is C20H28FN3O3. The summed E-state index contributed by atoms with van der Waals surface area (Å²) in [6.45, 7) is 5.82. The molecule has 2 aliphatic heterocycles. The molecule has 7 heteroatoms. The molecule has 0 saturated carbocycles. The van der Waals surface area contributed by atoms with E-state index >= 15 is 0 Å². The first kappa shape index (κ1) is 19.8. The zero-order chi connectivity index (χ0) is 19.4. The molecule has 2 atom stereocenters. The SMILES string of the molecule is CC(C)NC(=O)C1CC(NC(=O)c2ccccc2F)CN1C1CCOCC1. The number of hydrogen-bond acceptors (Lipinski definition) is 4. The lowest BCUT2D eigenvalue weighted by Crippen LogP contribution is -2.50. The highest BCUT2D eigenvalue weighted by Crippen LogP contribution is 2.26. The first-order valence-electron chi connectivity index (χ1n) is 9.65. The van der Waals surface area contributed by atoms with Crippen molar-refractivity contribution in [2.75, 3.05) is 19.8 Å². The number of rotatable bonds is 5. The summed E-state index contributed by atoms with van der Waals surface area (Å²) in [4.78, 5) is 27.4. The smallest absolute Gasteiger partial charge is 0.254 e. The molecule has 0 spiro atoms. The van der Waals surface area contributed by atoms with Crippen LogP contribution in [0.3, 0.4) is 0 Å². The molecule has 2 saturated heterocycles. The molecule has 27 heavy (non-hydrogen) atoms. The van der Waals surface area contributed by atoms with Crippen molar-refractivity contribution in [3.8, 4) is 0 Å². The Morgan fingerprint density at radius 2 is 1.93 bits per heavy atom. The number of carbonyl (C=O) groups excluding carboxylic acids is 2. The molecule has 2 fully saturated rings. The van der Waals surface area contributed by atoms with E-state index in [-0.39, 0.29) is 35.6 Å². The highest BCUT2D eigenvalue weighted by Gasteiger charge is 2.41. The molecule has 0 aliphatic carbocycles. The summed E-state index contributed by atoms with van der Waals surface area (Å²) < 4.78 is 19.3. The fourth-order valence-corrected chi connectivity index (χ4v) is 3.93. The second-order valence-electron chi connectivity index (χ2n) is 7.61. The van der Waals surface area contributed by atoms with E-state index in [1.54, 1.807) is 12.1 Å². The van der Waals surface area contributed by atoms with Crippen LogP contribution < -0.4 is 10.6 Å². The first-order chi connectivity index (χ1) is 13.0. The van der Waals surface area contributed by atoms with Gasteiger partial charge in [-0.05, 0) is 45.2 Å². The van der Waals surface area contributed by atoms with Crippen LogP contribution in [0.25, 0.3) is 0 Å². The summed E-state index contributed by atoms with van der Waals surface area (Å²) in [5.41, 5.74) is 0.0326. The van der Waals surface area contributed by atoms with Crippen molar-refractivity contribution in [3.05, 3.63) is 35.6 Å². The number of ether oxygens (including phenoxy) is 1. The highest BCUT2D eigenvalue weighted by atomic mass is 19.1. The highest BCUT2D eigenvalue weighted by molar-refractivity contribution is 5.94. The predicted octanol–water partition coefficient (Wildman–Crippen LogP) is 1.70. The minimum atomic E-state index is -0.539. The maximum Gasteiger partial charge on any atom is 0.254 e. The van der Waals surface area contributed by atoms with Crippen LogP contribution in [-0.2, 0) is 9.53 Å². The normalized spacial score (nSPS) is 24.1. The van der Waals surface area contributed by atoms with Crippen molar-refractivity contribution in [2.24, 2.45) is 0 Å². The molecule has 2 N–H and O–H groups in total. The standard InChI is InChI=1S/C20H28FN3O3/c1-13(2)22-20(26)18-11-14(12-24(18)15-7-9-27-10-8-15)23-19(25)16-5-3-4-6-17(16)21/h3-6,13-15,18H,7-12H2,1-2H3,(H,22,26)(H,23,25). The van der Waals surface area contributed by atoms with Crippen molar-refractivity contribution in [2.45, 2.75) is 57.3 Å². The molecule has 2 aliphatic rings. The second-order valence-corrected chi connectivity index (χ2v) is 7.61. The lowest BCUT2D eigenvalue weighted by atomic mass is 10.1. The van der Waals surface area contributed by atoms with Crippen LogP contribution in [0.15, 0.2) is 24.3 Å². The Bertz CT molecular complexity index is 676. The summed E-state index contributed by atoms with van der Waals surface area (Å²) in [5, 5.41) is 5.90. The van der Waals surface area contributed by atoms with E-state index in [9.17, 15) is 14.0 Å². The van der Waals surface area contributed by atoms with Crippen molar-refractivity contribution in [1.29, 1.82) is 0 Å². The molecule has 2 amide bonds. The van der Waals surface area contributed by atoms with E-state index in [4.69, 9.17) is 4.74 Å². The van der Waals surface area contributed by atoms with Gasteiger partial charge in [-0.2, -0.15) is 0 Å². The molecule has 2 heterocycles. The molecule has 1 aromatic rings. The largest absolute Gasteiger partial charge is 0.381 e. The zero-order valence-corrected chi connectivity index (χ0v) is 15.9. The van der Waals surface area contributed by atoms with E-state index in [0.717, 1.165) is 12.8 Å². The van der Waals surface area contributed by atoms with Crippen LogP contribution >= 0.6 is 0 Å². The summed E-state index contributed by atoms with van der Waals surface area (Å²) in [5.74, 6) is -0.988. The number of halogens is 1. The van der Waals surface area contributed by atoms with E-state index in [1.807, 2.05) is 13.8 Å². The fourth-order valence-electron chi connectivity index (χ4n) is 3.93. The minimum absolute atomic E-state index is 0.0147. The zero-order valence-electron chi connectivity index (χ0n) is 15.9. The maximum absolute atomic E-state index is 13.9. The van der Waals surface area contributed by atoms with Crippen LogP contribution in [0, 0.1) is 5.82 Å². The maximum atomic E-state index is 13.9. The van der Waals surface area contributed by atoms with Crippen LogP contribution in [-0.4, -0.2) is 60.6 Å². The average molecular weight is 377 g/mol. The third kappa shape index (κ3) is 4.84. The summed E-state index contributed by atoms with van der Waals surface area (Å²) in [6, 6.07) is 5.78. The van der Waals surface area contributed by atoms with Crippen molar-refractivity contribution < 1.29 is 18.7 Å². The monoisotopic (exact) mass is 377 g/mol. The van der Waals surface area contributed by atoms with Crippen molar-refractivity contribution >= 4 is 11.8 Å². The van der Waals surface area contributed by atoms with Gasteiger partial charge in [0.15, 0.2) is 0 Å². The number of benzene rings is 1. The van der Waals surface area contributed by atoms with Crippen LogP contribution in [0.4, 0.5) is 4.39 Å². The van der Waals surface area contributed by atoms with Gasteiger partial charge in [0.1, 0.15) is 5.82 Å². The molecule has 0 radical (unpaired) electrons. The Labute approximate surface area is 159 Å².